The number of methoxy groups -OCH3 is 1. The number of ether oxygens (including phenoxy) is 2. The molecule has 0 aromatic heterocycles. The van der Waals surface area contributed by atoms with E-state index in [1.807, 2.05) is 6.92 Å². The number of nitrogens with two attached hydrogens (primary N) is 1. The zero-order valence-electron chi connectivity index (χ0n) is 10.7. The number of hydrogen-bond acceptors (Lipinski definition) is 4. The molecule has 0 aliphatic rings. The summed E-state index contributed by atoms with van der Waals surface area (Å²) in [5, 5.41) is 0. The number of esters is 1. The molecule has 0 amide bonds. The summed E-state index contributed by atoms with van der Waals surface area (Å²) in [6.07, 6.45) is 0. The average Bonchev–Trinajstić information content (AvgIpc) is 2.29. The lowest BCUT2D eigenvalue weighted by atomic mass is 10.1. The van der Waals surface area contributed by atoms with Crippen LogP contribution in [0.1, 0.15) is 29.8 Å². The first-order chi connectivity index (χ1) is 7.95. The molecule has 0 heterocycles. The average molecular weight is 237 g/mol. The summed E-state index contributed by atoms with van der Waals surface area (Å²) >= 11 is 0. The van der Waals surface area contributed by atoms with Crippen molar-refractivity contribution in [1.29, 1.82) is 0 Å². The van der Waals surface area contributed by atoms with Crippen LogP contribution in [0.15, 0.2) is 12.1 Å². The number of benzene rings is 1. The van der Waals surface area contributed by atoms with Gasteiger partial charge in [-0.3, -0.25) is 0 Å². The third-order valence-corrected chi connectivity index (χ3v) is 2.39. The zero-order chi connectivity index (χ0) is 13.0. The number of rotatable bonds is 4. The van der Waals surface area contributed by atoms with Gasteiger partial charge in [0.15, 0.2) is 0 Å². The highest BCUT2D eigenvalue weighted by Crippen LogP contribution is 2.26. The van der Waals surface area contributed by atoms with E-state index in [9.17, 15) is 4.79 Å². The van der Waals surface area contributed by atoms with E-state index in [2.05, 4.69) is 18.6 Å². The van der Waals surface area contributed by atoms with Crippen molar-refractivity contribution in [3.8, 4) is 5.75 Å². The first kappa shape index (κ1) is 13.4. The molecule has 0 atom stereocenters. The minimum absolute atomic E-state index is 0.411. The maximum absolute atomic E-state index is 11.4. The monoisotopic (exact) mass is 237 g/mol. The van der Waals surface area contributed by atoms with E-state index < -0.39 is 5.97 Å². The molecule has 94 valence electrons. The molecule has 0 bridgehead atoms. The van der Waals surface area contributed by atoms with Crippen LogP contribution in [0.3, 0.4) is 0 Å². The van der Waals surface area contributed by atoms with E-state index in [0.717, 1.165) is 5.56 Å². The molecule has 2 N–H and O–H groups in total. The van der Waals surface area contributed by atoms with Crippen LogP contribution >= 0.6 is 0 Å². The number of carbonyl (C=O) groups excluding carboxylic acids is 1. The van der Waals surface area contributed by atoms with Crippen molar-refractivity contribution in [3.63, 3.8) is 0 Å². The molecule has 0 spiro atoms. The van der Waals surface area contributed by atoms with Crippen LogP contribution in [0.25, 0.3) is 0 Å². The van der Waals surface area contributed by atoms with Gasteiger partial charge in [-0.1, -0.05) is 13.8 Å². The largest absolute Gasteiger partial charge is 0.493 e. The molecule has 1 aromatic carbocycles. The molecule has 4 heteroatoms. The number of nitrogen functional groups attached to an aromatic ring is 1. The van der Waals surface area contributed by atoms with Gasteiger partial charge in [0.2, 0.25) is 0 Å². The first-order valence-electron chi connectivity index (χ1n) is 5.57. The van der Waals surface area contributed by atoms with Crippen molar-refractivity contribution >= 4 is 11.7 Å². The van der Waals surface area contributed by atoms with Gasteiger partial charge in [-0.25, -0.2) is 4.79 Å². The van der Waals surface area contributed by atoms with Gasteiger partial charge in [0.05, 0.1) is 19.3 Å². The van der Waals surface area contributed by atoms with E-state index in [-0.39, 0.29) is 0 Å². The Kier molecular flexibility index (Phi) is 4.37. The summed E-state index contributed by atoms with van der Waals surface area (Å²) < 4.78 is 10.3. The second-order valence-electron chi connectivity index (χ2n) is 4.39. The molecule has 0 unspecified atom stereocenters. The minimum Gasteiger partial charge on any atom is -0.493 e. The van der Waals surface area contributed by atoms with Gasteiger partial charge in [-0.15, -0.1) is 0 Å². The Bertz CT molecular complexity index is 413. The van der Waals surface area contributed by atoms with Crippen LogP contribution in [-0.2, 0) is 4.74 Å². The lowest BCUT2D eigenvalue weighted by Crippen LogP contribution is -2.09. The standard InChI is InChI=1S/C13H19NO3/c1-8(2)7-17-12-6-10(13(15)16-4)5-11(14)9(12)3/h5-6,8H,7,14H2,1-4H3. The van der Waals surface area contributed by atoms with Crippen molar-refractivity contribution < 1.29 is 14.3 Å². The summed E-state index contributed by atoms with van der Waals surface area (Å²) in [4.78, 5) is 11.4. The Labute approximate surface area is 102 Å². The Morgan fingerprint density at radius 3 is 2.59 bits per heavy atom. The van der Waals surface area contributed by atoms with E-state index in [1.54, 1.807) is 12.1 Å². The Morgan fingerprint density at radius 1 is 1.41 bits per heavy atom. The Balaban J connectivity index is 3.02. The quantitative estimate of drug-likeness (QED) is 0.645. The van der Waals surface area contributed by atoms with Crippen molar-refractivity contribution in [2.75, 3.05) is 19.5 Å². The van der Waals surface area contributed by atoms with Gasteiger partial charge < -0.3 is 15.2 Å². The summed E-state index contributed by atoms with van der Waals surface area (Å²) in [7, 11) is 1.34. The first-order valence-corrected chi connectivity index (χ1v) is 5.57. The Hall–Kier alpha value is -1.71. The highest BCUT2D eigenvalue weighted by Gasteiger charge is 2.12. The molecule has 17 heavy (non-hydrogen) atoms. The number of hydrogen-bond donors (Lipinski definition) is 1. The van der Waals surface area contributed by atoms with Crippen molar-refractivity contribution in [2.45, 2.75) is 20.8 Å². The molecule has 4 nitrogen and oxygen atoms in total. The van der Waals surface area contributed by atoms with Crippen LogP contribution in [0.2, 0.25) is 0 Å². The van der Waals surface area contributed by atoms with Gasteiger partial charge in [0, 0.05) is 11.3 Å². The lowest BCUT2D eigenvalue weighted by Gasteiger charge is -2.14. The van der Waals surface area contributed by atoms with Crippen LogP contribution in [0.5, 0.6) is 5.75 Å². The molecule has 0 saturated carbocycles. The smallest absolute Gasteiger partial charge is 0.338 e. The summed E-state index contributed by atoms with van der Waals surface area (Å²) in [5.41, 5.74) is 7.62. The van der Waals surface area contributed by atoms with Gasteiger partial charge in [-0.05, 0) is 25.0 Å². The van der Waals surface area contributed by atoms with Crippen LogP contribution in [-0.4, -0.2) is 19.7 Å². The zero-order valence-corrected chi connectivity index (χ0v) is 10.7. The van der Waals surface area contributed by atoms with Gasteiger partial charge in [-0.2, -0.15) is 0 Å². The number of carbonyl (C=O) groups is 1. The van der Waals surface area contributed by atoms with Crippen LogP contribution < -0.4 is 10.5 Å². The van der Waals surface area contributed by atoms with Crippen molar-refractivity contribution in [2.24, 2.45) is 5.92 Å². The summed E-state index contributed by atoms with van der Waals surface area (Å²) in [6, 6.07) is 3.27. The molecule has 0 fully saturated rings. The SMILES string of the molecule is COC(=O)c1cc(N)c(C)c(OCC(C)C)c1. The van der Waals surface area contributed by atoms with Crippen LogP contribution in [0, 0.1) is 12.8 Å². The maximum atomic E-state index is 11.4. The van der Waals surface area contributed by atoms with Crippen molar-refractivity contribution in [1.82, 2.24) is 0 Å². The van der Waals surface area contributed by atoms with E-state index in [4.69, 9.17) is 10.5 Å². The molecule has 0 aliphatic heterocycles. The molecule has 1 rings (SSSR count). The lowest BCUT2D eigenvalue weighted by molar-refractivity contribution is 0.0600. The fourth-order valence-electron chi connectivity index (χ4n) is 1.35. The predicted molar refractivity (Wildman–Crippen MR) is 67.3 cm³/mol. The van der Waals surface area contributed by atoms with E-state index in [1.165, 1.54) is 7.11 Å². The highest BCUT2D eigenvalue weighted by atomic mass is 16.5. The van der Waals surface area contributed by atoms with E-state index >= 15 is 0 Å². The topological polar surface area (TPSA) is 61.5 Å². The van der Waals surface area contributed by atoms with Gasteiger partial charge in [0.1, 0.15) is 5.75 Å². The second kappa shape index (κ2) is 5.57. The molecule has 0 saturated heterocycles. The minimum atomic E-state index is -0.411. The fourth-order valence-corrected chi connectivity index (χ4v) is 1.35. The summed E-state index contributed by atoms with van der Waals surface area (Å²) in [6.45, 7) is 6.57. The maximum Gasteiger partial charge on any atom is 0.338 e. The van der Waals surface area contributed by atoms with Crippen LogP contribution in [0.4, 0.5) is 5.69 Å². The molecule has 0 radical (unpaired) electrons. The molecule has 0 aliphatic carbocycles. The third kappa shape index (κ3) is 3.37. The third-order valence-electron chi connectivity index (χ3n) is 2.39. The predicted octanol–water partition coefficient (Wildman–Crippen LogP) is 2.40. The highest BCUT2D eigenvalue weighted by molar-refractivity contribution is 5.91. The molecular formula is C13H19NO3. The summed E-state index contributed by atoms with van der Waals surface area (Å²) in [5.74, 6) is 0.641. The Morgan fingerprint density at radius 2 is 2.06 bits per heavy atom. The fraction of sp³-hybridized carbons (Fsp3) is 0.462. The normalized spacial score (nSPS) is 10.4. The van der Waals surface area contributed by atoms with Crippen molar-refractivity contribution in [3.05, 3.63) is 23.3 Å². The molecule has 1 aromatic rings. The van der Waals surface area contributed by atoms with Gasteiger partial charge >= 0.3 is 5.97 Å². The molecular weight excluding hydrogens is 218 g/mol. The number of anilines is 1. The van der Waals surface area contributed by atoms with E-state index in [0.29, 0.717) is 29.5 Å². The van der Waals surface area contributed by atoms with Gasteiger partial charge in [0.25, 0.3) is 0 Å². The second-order valence-corrected chi connectivity index (χ2v) is 4.39.